The lowest BCUT2D eigenvalue weighted by Crippen LogP contribution is -2.15. The first kappa shape index (κ1) is 30.7. The fourth-order valence-electron chi connectivity index (χ4n) is 8.86. The molecule has 1 aliphatic carbocycles. The third kappa shape index (κ3) is 4.53. The van der Waals surface area contributed by atoms with E-state index in [2.05, 4.69) is 128 Å². The van der Waals surface area contributed by atoms with Crippen molar-refractivity contribution in [1.82, 2.24) is 19.5 Å². The molecule has 2 aromatic heterocycles. The van der Waals surface area contributed by atoms with E-state index in [9.17, 15) is 0 Å². The van der Waals surface area contributed by atoms with E-state index < -0.39 is 0 Å². The van der Waals surface area contributed by atoms with Crippen molar-refractivity contribution in [2.24, 2.45) is 0 Å². The van der Waals surface area contributed by atoms with Gasteiger partial charge in [-0.1, -0.05) is 153 Å². The zero-order valence-corrected chi connectivity index (χ0v) is 30.0. The van der Waals surface area contributed by atoms with E-state index in [1.165, 1.54) is 60.2 Å². The van der Waals surface area contributed by atoms with Crippen molar-refractivity contribution < 1.29 is 0 Å². The number of fused-ring (bicyclic) bond motifs is 9. The van der Waals surface area contributed by atoms with Crippen molar-refractivity contribution in [3.05, 3.63) is 181 Å². The first-order valence-electron chi connectivity index (χ1n) is 18.5. The molecule has 4 heteroatoms. The van der Waals surface area contributed by atoms with Gasteiger partial charge in [0.15, 0.2) is 17.5 Å². The lowest BCUT2D eigenvalue weighted by atomic mass is 9.80. The van der Waals surface area contributed by atoms with E-state index >= 15 is 0 Å². The van der Waals surface area contributed by atoms with Crippen LogP contribution >= 0.6 is 0 Å². The lowest BCUT2D eigenvalue weighted by molar-refractivity contribution is 0.667. The molecule has 11 rings (SSSR count). The van der Waals surface area contributed by atoms with Gasteiger partial charge in [-0.3, -0.25) is 0 Å². The molecule has 0 aliphatic heterocycles. The number of benzene rings is 8. The minimum absolute atomic E-state index is 0.156. The lowest BCUT2D eigenvalue weighted by Gasteiger charge is -2.23. The maximum absolute atomic E-state index is 5.02. The molecule has 0 saturated carbocycles. The van der Waals surface area contributed by atoms with Gasteiger partial charge in [0.05, 0.1) is 16.7 Å². The summed E-state index contributed by atoms with van der Waals surface area (Å²) in [5, 5.41) is 7.43. The third-order valence-electron chi connectivity index (χ3n) is 11.4. The summed E-state index contributed by atoms with van der Waals surface area (Å²) in [4.78, 5) is 14.9. The van der Waals surface area contributed by atoms with Gasteiger partial charge < -0.3 is 4.57 Å². The van der Waals surface area contributed by atoms with E-state index in [4.69, 9.17) is 15.0 Å². The second-order valence-corrected chi connectivity index (χ2v) is 14.9. The van der Waals surface area contributed by atoms with Crippen LogP contribution in [0.15, 0.2) is 170 Å². The predicted octanol–water partition coefficient (Wildman–Crippen LogP) is 12.6. The highest BCUT2D eigenvalue weighted by molar-refractivity contribution is 6.13. The number of rotatable bonds is 4. The summed E-state index contributed by atoms with van der Waals surface area (Å²) in [6, 6.07) is 60.6. The second-order valence-electron chi connectivity index (χ2n) is 14.9. The van der Waals surface area contributed by atoms with Crippen molar-refractivity contribution >= 4 is 43.4 Å². The molecule has 0 bridgehead atoms. The van der Waals surface area contributed by atoms with Crippen LogP contribution < -0.4 is 0 Å². The molecule has 4 nitrogen and oxygen atoms in total. The quantitative estimate of drug-likeness (QED) is 0.185. The van der Waals surface area contributed by atoms with Gasteiger partial charge in [-0.25, -0.2) is 15.0 Å². The van der Waals surface area contributed by atoms with E-state index in [0.717, 1.165) is 27.8 Å². The Kier molecular flexibility index (Phi) is 6.56. The molecule has 0 atom stereocenters. The zero-order valence-electron chi connectivity index (χ0n) is 30.0. The summed E-state index contributed by atoms with van der Waals surface area (Å²) in [5.41, 5.74) is 11.7. The Balaban J connectivity index is 1.11. The fraction of sp³-hybridized carbons (Fsp3) is 0.0600. The summed E-state index contributed by atoms with van der Waals surface area (Å²) in [6.07, 6.45) is 0. The van der Waals surface area contributed by atoms with Crippen LogP contribution in [0.5, 0.6) is 0 Å². The van der Waals surface area contributed by atoms with Gasteiger partial charge in [0.25, 0.3) is 0 Å². The zero-order chi connectivity index (χ0) is 36.0. The molecule has 0 unspecified atom stereocenters. The monoisotopic (exact) mass is 690 g/mol. The number of hydrogen-bond donors (Lipinski definition) is 0. The van der Waals surface area contributed by atoms with Crippen LogP contribution in [0, 0.1) is 0 Å². The van der Waals surface area contributed by atoms with Crippen molar-refractivity contribution in [3.8, 4) is 51.0 Å². The van der Waals surface area contributed by atoms with Gasteiger partial charge in [-0.15, -0.1) is 0 Å². The summed E-state index contributed by atoms with van der Waals surface area (Å²) in [5.74, 6) is 1.96. The Morgan fingerprint density at radius 2 is 1.04 bits per heavy atom. The maximum Gasteiger partial charge on any atom is 0.164 e. The van der Waals surface area contributed by atoms with Gasteiger partial charge in [-0.2, -0.15) is 0 Å². The molecule has 0 spiro atoms. The van der Waals surface area contributed by atoms with Gasteiger partial charge in [0.1, 0.15) is 0 Å². The summed E-state index contributed by atoms with van der Waals surface area (Å²) in [6.45, 7) is 4.77. The van der Waals surface area contributed by atoms with Crippen LogP contribution in [0.4, 0.5) is 0 Å². The van der Waals surface area contributed by atoms with Gasteiger partial charge in [-0.05, 0) is 68.7 Å². The van der Waals surface area contributed by atoms with E-state index in [0.29, 0.717) is 17.5 Å². The Morgan fingerprint density at radius 3 is 1.78 bits per heavy atom. The number of nitrogens with zero attached hydrogens (tertiary/aromatic N) is 4. The van der Waals surface area contributed by atoms with Crippen LogP contribution in [0.3, 0.4) is 0 Å². The molecule has 2 heterocycles. The molecule has 0 N–H and O–H groups in total. The summed E-state index contributed by atoms with van der Waals surface area (Å²) < 4.78 is 2.47. The Hall–Kier alpha value is -6.91. The summed E-state index contributed by atoms with van der Waals surface area (Å²) in [7, 11) is 0. The molecule has 0 radical (unpaired) electrons. The smallest absolute Gasteiger partial charge is 0.164 e. The normalized spacial score (nSPS) is 13.1. The molecule has 0 fully saturated rings. The Labute approximate surface area is 313 Å². The van der Waals surface area contributed by atoms with E-state index in [1.807, 2.05) is 60.7 Å². The third-order valence-corrected chi connectivity index (χ3v) is 11.4. The predicted molar refractivity (Wildman–Crippen MR) is 223 cm³/mol. The van der Waals surface area contributed by atoms with Crippen LogP contribution in [-0.4, -0.2) is 19.5 Å². The topological polar surface area (TPSA) is 43.6 Å². The minimum atomic E-state index is -0.156. The molecular formula is C50H34N4. The Bertz CT molecular complexity index is 3060. The first-order chi connectivity index (χ1) is 26.5. The molecule has 254 valence electrons. The van der Waals surface area contributed by atoms with Gasteiger partial charge in [0.2, 0.25) is 0 Å². The van der Waals surface area contributed by atoms with Crippen molar-refractivity contribution in [1.29, 1.82) is 0 Å². The van der Waals surface area contributed by atoms with Crippen molar-refractivity contribution in [2.75, 3.05) is 0 Å². The molecule has 0 saturated heterocycles. The SMILES string of the molecule is CC1(C)c2cc3c(cc2-c2ccc4ccccc4c21)c1ccccc1n3-c1cccc2cc(-c3nc(-c4ccccc4)nc(-c4ccccc4)n3)ccc12. The standard InChI is InChI=1S/C50H34N4/c1-50(2)42-30-45-41(29-40(42)39-27-24-31-14-9-10-20-37(31)46(39)50)38-21-11-12-22-44(38)54(45)43-23-13-19-34-28-35(25-26-36(34)43)49-52-47(32-15-5-3-6-16-32)51-48(53-49)33-17-7-4-8-18-33/h3-30H,1-2H3. The highest BCUT2D eigenvalue weighted by atomic mass is 15.0. The van der Waals surface area contributed by atoms with E-state index in [1.54, 1.807) is 0 Å². The van der Waals surface area contributed by atoms with Crippen LogP contribution in [0.1, 0.15) is 25.0 Å². The molecule has 1 aliphatic rings. The van der Waals surface area contributed by atoms with Crippen molar-refractivity contribution in [2.45, 2.75) is 19.3 Å². The highest BCUT2D eigenvalue weighted by Gasteiger charge is 2.37. The van der Waals surface area contributed by atoms with Crippen molar-refractivity contribution in [3.63, 3.8) is 0 Å². The maximum atomic E-state index is 5.02. The van der Waals surface area contributed by atoms with Gasteiger partial charge in [0, 0.05) is 38.3 Å². The first-order valence-corrected chi connectivity index (χ1v) is 18.5. The number of aromatic nitrogens is 4. The molecule has 0 amide bonds. The molecule has 54 heavy (non-hydrogen) atoms. The van der Waals surface area contributed by atoms with Gasteiger partial charge >= 0.3 is 0 Å². The van der Waals surface area contributed by atoms with E-state index in [-0.39, 0.29) is 5.41 Å². The highest BCUT2D eigenvalue weighted by Crippen LogP contribution is 2.53. The van der Waals surface area contributed by atoms with Crippen LogP contribution in [0.2, 0.25) is 0 Å². The average Bonchev–Trinajstić information content (AvgIpc) is 3.67. The largest absolute Gasteiger partial charge is 0.309 e. The Morgan fingerprint density at radius 1 is 0.407 bits per heavy atom. The number of hydrogen-bond acceptors (Lipinski definition) is 3. The van der Waals surface area contributed by atoms with Crippen LogP contribution in [-0.2, 0) is 5.41 Å². The van der Waals surface area contributed by atoms with Crippen LogP contribution in [0.25, 0.3) is 94.3 Å². The molecule has 8 aromatic carbocycles. The average molecular weight is 691 g/mol. The summed E-state index contributed by atoms with van der Waals surface area (Å²) >= 11 is 0. The fourth-order valence-corrected chi connectivity index (χ4v) is 8.86. The minimum Gasteiger partial charge on any atom is -0.309 e. The second kappa shape index (κ2) is 11.5. The molecule has 10 aromatic rings. The molecular weight excluding hydrogens is 657 g/mol. The number of para-hydroxylation sites is 1.